The fraction of sp³-hybridized carbons (Fsp3) is 0.350. The predicted molar refractivity (Wildman–Crippen MR) is 111 cm³/mol. The number of benzene rings is 1. The highest BCUT2D eigenvalue weighted by Gasteiger charge is 2.28. The van der Waals surface area contributed by atoms with E-state index >= 15 is 0 Å². The van der Waals surface area contributed by atoms with Gasteiger partial charge in [0, 0.05) is 32.9 Å². The molecule has 33 heavy (non-hydrogen) atoms. The summed E-state index contributed by atoms with van der Waals surface area (Å²) >= 11 is 0. The second-order valence-corrected chi connectivity index (χ2v) is 9.23. The molecule has 0 amide bonds. The van der Waals surface area contributed by atoms with Crippen LogP contribution in [0.4, 0.5) is 13.2 Å². The number of esters is 1. The summed E-state index contributed by atoms with van der Waals surface area (Å²) in [5.74, 6) is -0.631. The molecule has 0 atom stereocenters. The number of sulfonamides is 1. The molecule has 9 nitrogen and oxygen atoms in total. The third-order valence-electron chi connectivity index (χ3n) is 4.58. The number of carbonyl (C=O) groups excluding carboxylic acids is 1. The number of rotatable bonds is 8. The molecule has 0 unspecified atom stereocenters. The van der Waals surface area contributed by atoms with Crippen molar-refractivity contribution in [2.24, 2.45) is 0 Å². The first-order valence-corrected chi connectivity index (χ1v) is 11.1. The van der Waals surface area contributed by atoms with Gasteiger partial charge in [0.1, 0.15) is 12.4 Å². The quantitative estimate of drug-likeness (QED) is 0.451. The fourth-order valence-electron chi connectivity index (χ4n) is 2.95. The Balaban J connectivity index is 1.74. The van der Waals surface area contributed by atoms with E-state index in [2.05, 4.69) is 14.7 Å². The topological polar surface area (TPSA) is 104 Å². The maximum Gasteiger partial charge on any atom is 0.422 e. The van der Waals surface area contributed by atoms with E-state index in [0.717, 1.165) is 16.6 Å². The minimum absolute atomic E-state index is 0.0212. The molecule has 0 spiro atoms. The molecule has 0 bridgehead atoms. The van der Waals surface area contributed by atoms with Crippen LogP contribution in [0.3, 0.4) is 0 Å². The Kier molecular flexibility index (Phi) is 6.93. The second kappa shape index (κ2) is 9.35. The van der Waals surface area contributed by atoms with E-state index in [4.69, 9.17) is 4.74 Å². The zero-order valence-electron chi connectivity index (χ0n) is 18.0. The molecule has 178 valence electrons. The molecule has 0 saturated carbocycles. The van der Waals surface area contributed by atoms with Gasteiger partial charge in [0.2, 0.25) is 15.9 Å². The lowest BCUT2D eigenvalue weighted by Gasteiger charge is -2.11. The Labute approximate surface area is 187 Å². The fourth-order valence-corrected chi connectivity index (χ4v) is 3.87. The minimum atomic E-state index is -4.50. The van der Waals surface area contributed by atoms with Gasteiger partial charge in [-0.15, -0.1) is 0 Å². The summed E-state index contributed by atoms with van der Waals surface area (Å²) in [4.78, 5) is 20.5. The number of pyridine rings is 1. The predicted octanol–water partition coefficient (Wildman–Crippen LogP) is 3.00. The summed E-state index contributed by atoms with van der Waals surface area (Å²) in [6.07, 6.45) is -3.45. The summed E-state index contributed by atoms with van der Waals surface area (Å²) < 4.78 is 74.0. The van der Waals surface area contributed by atoms with Crippen LogP contribution in [0.25, 0.3) is 11.0 Å². The lowest BCUT2D eigenvalue weighted by atomic mass is 10.3. The van der Waals surface area contributed by atoms with Gasteiger partial charge < -0.3 is 14.0 Å². The SMILES string of the molecule is CCn1c(COC(=O)c2ccc(OCC(F)(F)F)nc2)nc2cc(S(=O)(=O)N(C)C)ccc21. The van der Waals surface area contributed by atoms with Crippen molar-refractivity contribution < 1.29 is 35.9 Å². The van der Waals surface area contributed by atoms with Crippen LogP contribution in [0.15, 0.2) is 41.4 Å². The smallest absolute Gasteiger partial charge is 0.422 e. The number of halogens is 3. The Morgan fingerprint density at radius 1 is 1.18 bits per heavy atom. The number of ether oxygens (including phenoxy) is 2. The van der Waals surface area contributed by atoms with Gasteiger partial charge in [-0.3, -0.25) is 0 Å². The number of fused-ring (bicyclic) bond motifs is 1. The standard InChI is InChI=1S/C20H21F3N4O5S/c1-4-27-16-7-6-14(33(29,30)26(2)3)9-15(16)25-17(27)11-31-19(28)13-5-8-18(24-10-13)32-12-20(21,22)23/h5-10H,4,11-12H2,1-3H3. The maximum atomic E-state index is 12.4. The zero-order chi connectivity index (χ0) is 24.4. The van der Waals surface area contributed by atoms with Crippen LogP contribution in [0.1, 0.15) is 23.1 Å². The Morgan fingerprint density at radius 2 is 1.91 bits per heavy atom. The number of aromatic nitrogens is 3. The number of hydrogen-bond donors (Lipinski definition) is 0. The highest BCUT2D eigenvalue weighted by Crippen LogP contribution is 2.23. The monoisotopic (exact) mass is 486 g/mol. The molecule has 3 aromatic rings. The molecule has 2 heterocycles. The number of nitrogens with zero attached hydrogens (tertiary/aromatic N) is 4. The average Bonchev–Trinajstić information content (AvgIpc) is 3.12. The lowest BCUT2D eigenvalue weighted by molar-refractivity contribution is -0.154. The van der Waals surface area contributed by atoms with Crippen molar-refractivity contribution in [3.05, 3.63) is 47.9 Å². The third kappa shape index (κ3) is 5.60. The first kappa shape index (κ1) is 24.5. The minimum Gasteiger partial charge on any atom is -0.468 e. The van der Waals surface area contributed by atoms with Gasteiger partial charge in [-0.1, -0.05) is 0 Å². The van der Waals surface area contributed by atoms with E-state index in [1.54, 1.807) is 10.6 Å². The molecular formula is C20H21F3N4O5S. The van der Waals surface area contributed by atoms with Crippen LogP contribution in [0.2, 0.25) is 0 Å². The summed E-state index contributed by atoms with van der Waals surface area (Å²) in [7, 11) is -0.778. The summed E-state index contributed by atoms with van der Waals surface area (Å²) in [6.45, 7) is 0.661. The third-order valence-corrected chi connectivity index (χ3v) is 6.39. The van der Waals surface area contributed by atoms with Crippen LogP contribution in [-0.2, 0) is 27.9 Å². The van der Waals surface area contributed by atoms with Gasteiger partial charge in [-0.05, 0) is 31.2 Å². The summed E-state index contributed by atoms with van der Waals surface area (Å²) in [6, 6.07) is 6.94. The zero-order valence-corrected chi connectivity index (χ0v) is 18.8. The van der Waals surface area contributed by atoms with E-state index in [0.29, 0.717) is 23.4 Å². The molecule has 1 aromatic carbocycles. The van der Waals surface area contributed by atoms with Gasteiger partial charge >= 0.3 is 12.1 Å². The van der Waals surface area contributed by atoms with Crippen LogP contribution in [-0.4, -0.2) is 60.1 Å². The van der Waals surface area contributed by atoms with Crippen molar-refractivity contribution in [2.45, 2.75) is 31.1 Å². The van der Waals surface area contributed by atoms with Crippen LogP contribution < -0.4 is 4.74 Å². The largest absolute Gasteiger partial charge is 0.468 e. The van der Waals surface area contributed by atoms with E-state index in [9.17, 15) is 26.4 Å². The number of carbonyl (C=O) groups is 1. The number of imidazole rings is 1. The van der Waals surface area contributed by atoms with E-state index < -0.39 is 28.8 Å². The Hall–Kier alpha value is -3.19. The van der Waals surface area contributed by atoms with Crippen molar-refractivity contribution >= 4 is 27.0 Å². The molecular weight excluding hydrogens is 465 g/mol. The first-order chi connectivity index (χ1) is 15.4. The van der Waals surface area contributed by atoms with Crippen LogP contribution >= 0.6 is 0 Å². The van der Waals surface area contributed by atoms with Crippen LogP contribution in [0.5, 0.6) is 5.88 Å². The van der Waals surface area contributed by atoms with E-state index in [-0.39, 0.29) is 22.9 Å². The molecule has 2 aromatic heterocycles. The highest BCUT2D eigenvalue weighted by atomic mass is 32.2. The van der Waals surface area contributed by atoms with Gasteiger partial charge in [-0.25, -0.2) is 27.5 Å². The number of alkyl halides is 3. The van der Waals surface area contributed by atoms with Gasteiger partial charge in [0.05, 0.1) is 21.5 Å². The average molecular weight is 486 g/mol. The highest BCUT2D eigenvalue weighted by molar-refractivity contribution is 7.89. The molecule has 0 radical (unpaired) electrons. The number of aryl methyl sites for hydroxylation is 1. The van der Waals surface area contributed by atoms with E-state index in [1.165, 1.54) is 32.3 Å². The molecule has 0 aliphatic carbocycles. The first-order valence-electron chi connectivity index (χ1n) is 9.67. The van der Waals surface area contributed by atoms with Gasteiger partial charge in [-0.2, -0.15) is 13.2 Å². The molecule has 0 fully saturated rings. The molecule has 0 aliphatic rings. The van der Waals surface area contributed by atoms with Crippen LogP contribution in [0, 0.1) is 0 Å². The molecule has 0 aliphatic heterocycles. The van der Waals surface area contributed by atoms with E-state index in [1.807, 2.05) is 6.92 Å². The van der Waals surface area contributed by atoms with Crippen molar-refractivity contribution in [1.29, 1.82) is 0 Å². The van der Waals surface area contributed by atoms with Crippen molar-refractivity contribution in [3.63, 3.8) is 0 Å². The van der Waals surface area contributed by atoms with Crippen molar-refractivity contribution in [2.75, 3.05) is 20.7 Å². The van der Waals surface area contributed by atoms with Crippen molar-refractivity contribution in [1.82, 2.24) is 18.8 Å². The molecule has 3 rings (SSSR count). The second-order valence-electron chi connectivity index (χ2n) is 7.08. The normalized spacial score (nSPS) is 12.3. The number of hydrogen-bond acceptors (Lipinski definition) is 7. The summed E-state index contributed by atoms with van der Waals surface area (Å²) in [5.41, 5.74) is 1.13. The van der Waals surface area contributed by atoms with Gasteiger partial charge in [0.15, 0.2) is 6.61 Å². The Morgan fingerprint density at radius 3 is 2.48 bits per heavy atom. The van der Waals surface area contributed by atoms with Gasteiger partial charge in [0.25, 0.3) is 0 Å². The van der Waals surface area contributed by atoms with Crippen molar-refractivity contribution in [3.8, 4) is 5.88 Å². The molecule has 0 saturated heterocycles. The Bertz CT molecular complexity index is 1260. The summed E-state index contributed by atoms with van der Waals surface area (Å²) in [5, 5.41) is 0. The molecule has 0 N–H and O–H groups in total. The lowest BCUT2D eigenvalue weighted by Crippen LogP contribution is -2.22. The molecule has 13 heteroatoms. The maximum absolute atomic E-state index is 12.4.